The second kappa shape index (κ2) is 10.1. The molecule has 2 amide bonds. The summed E-state index contributed by atoms with van der Waals surface area (Å²) in [7, 11) is 0. The molecule has 3 fully saturated rings. The number of amides is 2. The van der Waals surface area contributed by atoms with E-state index in [1.54, 1.807) is 0 Å². The lowest BCUT2D eigenvalue weighted by atomic mass is 9.83. The lowest BCUT2D eigenvalue weighted by Gasteiger charge is -2.41. The molecule has 174 valence electrons. The van der Waals surface area contributed by atoms with Crippen molar-refractivity contribution in [2.45, 2.75) is 50.4 Å². The number of piperidine rings is 1. The fraction of sp³-hybridized carbons (Fsp3) is 0.481. The maximum atomic E-state index is 13.4. The van der Waals surface area contributed by atoms with Crippen molar-refractivity contribution in [1.82, 2.24) is 15.1 Å². The maximum Gasteiger partial charge on any atom is 0.225 e. The quantitative estimate of drug-likeness (QED) is 0.739. The van der Waals surface area contributed by atoms with E-state index in [1.807, 2.05) is 65.6 Å². The first kappa shape index (κ1) is 22.1. The second-order valence-corrected chi connectivity index (χ2v) is 9.50. The van der Waals surface area contributed by atoms with Gasteiger partial charge in [-0.25, -0.2) is 0 Å². The molecule has 3 heterocycles. The molecular weight excluding hydrogens is 414 g/mol. The molecule has 2 aromatic rings. The number of likely N-dealkylation sites (tertiary alicyclic amines) is 1. The van der Waals surface area contributed by atoms with E-state index in [-0.39, 0.29) is 29.9 Å². The summed E-state index contributed by atoms with van der Waals surface area (Å²) in [6, 6.07) is 20.3. The monoisotopic (exact) mass is 447 g/mol. The molecule has 2 aromatic carbocycles. The Bertz CT molecular complexity index is 952. The Hall–Kier alpha value is -2.70. The molecule has 3 aliphatic rings. The molecule has 3 saturated heterocycles. The van der Waals surface area contributed by atoms with Gasteiger partial charge in [0.1, 0.15) is 0 Å². The lowest BCUT2D eigenvalue weighted by molar-refractivity contribution is -0.144. The van der Waals surface area contributed by atoms with Crippen LogP contribution in [0.3, 0.4) is 0 Å². The minimum atomic E-state index is -0.281. The summed E-state index contributed by atoms with van der Waals surface area (Å²) in [5, 5.41) is 3.17. The van der Waals surface area contributed by atoms with Gasteiger partial charge >= 0.3 is 0 Å². The Balaban J connectivity index is 1.31. The molecule has 0 radical (unpaired) electrons. The van der Waals surface area contributed by atoms with Gasteiger partial charge in [0, 0.05) is 32.1 Å². The Morgan fingerprint density at radius 2 is 1.79 bits per heavy atom. The van der Waals surface area contributed by atoms with E-state index in [0.717, 1.165) is 30.8 Å². The van der Waals surface area contributed by atoms with Crippen molar-refractivity contribution < 1.29 is 14.3 Å². The van der Waals surface area contributed by atoms with Crippen molar-refractivity contribution in [3.8, 4) is 0 Å². The Morgan fingerprint density at radius 3 is 2.58 bits per heavy atom. The SMILES string of the molecule is O=C(NCC1CN2CCCC2CO1)C1CCC(=O)N(Cc2ccccc2)C1c1ccccc1. The van der Waals surface area contributed by atoms with E-state index in [9.17, 15) is 9.59 Å². The summed E-state index contributed by atoms with van der Waals surface area (Å²) < 4.78 is 6.04. The van der Waals surface area contributed by atoms with Gasteiger partial charge < -0.3 is 15.0 Å². The van der Waals surface area contributed by atoms with Crippen LogP contribution < -0.4 is 5.32 Å². The number of hydrogen-bond donors (Lipinski definition) is 1. The smallest absolute Gasteiger partial charge is 0.225 e. The minimum absolute atomic E-state index is 0.0153. The van der Waals surface area contributed by atoms with Crippen LogP contribution >= 0.6 is 0 Å². The number of benzene rings is 2. The maximum absolute atomic E-state index is 13.4. The first-order valence-electron chi connectivity index (χ1n) is 12.2. The number of carbonyl (C=O) groups excluding carboxylic acids is 2. The Kier molecular flexibility index (Phi) is 6.74. The number of fused-ring (bicyclic) bond motifs is 1. The highest BCUT2D eigenvalue weighted by molar-refractivity contribution is 5.85. The second-order valence-electron chi connectivity index (χ2n) is 9.50. The number of nitrogens with one attached hydrogen (secondary N) is 1. The van der Waals surface area contributed by atoms with Crippen molar-refractivity contribution in [3.05, 3.63) is 71.8 Å². The summed E-state index contributed by atoms with van der Waals surface area (Å²) >= 11 is 0. The van der Waals surface area contributed by atoms with Crippen molar-refractivity contribution in [2.75, 3.05) is 26.2 Å². The van der Waals surface area contributed by atoms with Crippen LogP contribution in [-0.4, -0.2) is 60.0 Å². The van der Waals surface area contributed by atoms with E-state index in [1.165, 1.54) is 12.8 Å². The van der Waals surface area contributed by atoms with Gasteiger partial charge in [0.05, 0.1) is 24.7 Å². The normalized spacial score (nSPS) is 27.9. The molecule has 0 spiro atoms. The van der Waals surface area contributed by atoms with Gasteiger partial charge in [0.15, 0.2) is 0 Å². The number of morpholine rings is 1. The zero-order chi connectivity index (χ0) is 22.6. The highest BCUT2D eigenvalue weighted by atomic mass is 16.5. The highest BCUT2D eigenvalue weighted by Crippen LogP contribution is 2.38. The number of hydrogen-bond acceptors (Lipinski definition) is 4. The average Bonchev–Trinajstić information content (AvgIpc) is 3.33. The number of ether oxygens (including phenoxy) is 1. The Labute approximate surface area is 195 Å². The van der Waals surface area contributed by atoms with E-state index in [4.69, 9.17) is 4.74 Å². The van der Waals surface area contributed by atoms with E-state index < -0.39 is 0 Å². The molecule has 0 aromatic heterocycles. The van der Waals surface area contributed by atoms with Gasteiger partial charge in [-0.05, 0) is 36.9 Å². The van der Waals surface area contributed by atoms with E-state index in [2.05, 4.69) is 10.2 Å². The van der Waals surface area contributed by atoms with Gasteiger partial charge in [-0.15, -0.1) is 0 Å². The predicted octanol–water partition coefficient (Wildman–Crippen LogP) is 3.15. The summed E-state index contributed by atoms with van der Waals surface area (Å²) in [6.07, 6.45) is 3.44. The van der Waals surface area contributed by atoms with Gasteiger partial charge in [-0.1, -0.05) is 60.7 Å². The van der Waals surface area contributed by atoms with Gasteiger partial charge in [-0.3, -0.25) is 14.5 Å². The van der Waals surface area contributed by atoms with Gasteiger partial charge in [-0.2, -0.15) is 0 Å². The third-order valence-electron chi connectivity index (χ3n) is 7.35. The van der Waals surface area contributed by atoms with E-state index >= 15 is 0 Å². The largest absolute Gasteiger partial charge is 0.373 e. The van der Waals surface area contributed by atoms with Crippen LogP contribution in [0.15, 0.2) is 60.7 Å². The van der Waals surface area contributed by atoms with Crippen LogP contribution in [-0.2, 0) is 20.9 Å². The Morgan fingerprint density at radius 1 is 1.03 bits per heavy atom. The number of nitrogens with zero attached hydrogens (tertiary/aromatic N) is 2. The summed E-state index contributed by atoms with van der Waals surface area (Å²) in [5.74, 6) is -0.161. The number of rotatable bonds is 6. The van der Waals surface area contributed by atoms with Crippen LogP contribution in [0.5, 0.6) is 0 Å². The van der Waals surface area contributed by atoms with Crippen LogP contribution in [0, 0.1) is 5.92 Å². The zero-order valence-corrected chi connectivity index (χ0v) is 19.1. The first-order chi connectivity index (χ1) is 16.2. The molecule has 4 atom stereocenters. The molecule has 0 saturated carbocycles. The van der Waals surface area contributed by atoms with Crippen LogP contribution in [0.2, 0.25) is 0 Å². The zero-order valence-electron chi connectivity index (χ0n) is 19.1. The van der Waals surface area contributed by atoms with Crippen LogP contribution in [0.4, 0.5) is 0 Å². The molecule has 5 rings (SSSR count). The average molecular weight is 448 g/mol. The molecule has 3 aliphatic heterocycles. The van der Waals surface area contributed by atoms with Gasteiger partial charge in [0.2, 0.25) is 11.8 Å². The number of carbonyl (C=O) groups is 2. The van der Waals surface area contributed by atoms with Crippen molar-refractivity contribution in [1.29, 1.82) is 0 Å². The predicted molar refractivity (Wildman–Crippen MR) is 126 cm³/mol. The minimum Gasteiger partial charge on any atom is -0.373 e. The molecule has 0 aliphatic carbocycles. The van der Waals surface area contributed by atoms with Crippen molar-refractivity contribution in [3.63, 3.8) is 0 Å². The fourth-order valence-electron chi connectivity index (χ4n) is 5.61. The van der Waals surface area contributed by atoms with Gasteiger partial charge in [0.25, 0.3) is 0 Å². The molecule has 6 heteroatoms. The third kappa shape index (κ3) is 4.97. The molecule has 4 unspecified atom stereocenters. The molecule has 33 heavy (non-hydrogen) atoms. The van der Waals surface area contributed by atoms with Crippen molar-refractivity contribution in [2.24, 2.45) is 5.92 Å². The topological polar surface area (TPSA) is 61.9 Å². The lowest BCUT2D eigenvalue weighted by Crippen LogP contribution is -2.52. The van der Waals surface area contributed by atoms with Crippen LogP contribution in [0.1, 0.15) is 42.9 Å². The summed E-state index contributed by atoms with van der Waals surface area (Å²) in [5.41, 5.74) is 2.08. The summed E-state index contributed by atoms with van der Waals surface area (Å²) in [4.78, 5) is 30.9. The molecule has 1 N–H and O–H groups in total. The molecule has 0 bridgehead atoms. The highest BCUT2D eigenvalue weighted by Gasteiger charge is 2.41. The van der Waals surface area contributed by atoms with Crippen LogP contribution in [0.25, 0.3) is 0 Å². The molecule has 6 nitrogen and oxygen atoms in total. The van der Waals surface area contributed by atoms with E-state index in [0.29, 0.717) is 32.0 Å². The third-order valence-corrected chi connectivity index (χ3v) is 7.35. The van der Waals surface area contributed by atoms with Crippen molar-refractivity contribution >= 4 is 11.8 Å². The first-order valence-corrected chi connectivity index (χ1v) is 12.2. The standard InChI is InChI=1S/C27H33N3O3/c31-25-14-13-24(27(32)28-16-23-18-29-15-7-12-22(29)19-33-23)26(21-10-5-2-6-11-21)30(25)17-20-8-3-1-4-9-20/h1-6,8-11,22-24,26H,7,12-19H2,(H,28,32). The summed E-state index contributed by atoms with van der Waals surface area (Å²) in [6.45, 7) is 3.80. The fourth-order valence-corrected chi connectivity index (χ4v) is 5.61. The molecular formula is C27H33N3O3.